The monoisotopic (exact) mass is 558 g/mol. The summed E-state index contributed by atoms with van der Waals surface area (Å²) >= 11 is 0. The lowest BCUT2D eigenvalue weighted by Crippen LogP contribution is -2.03. The van der Waals surface area contributed by atoms with Crippen LogP contribution in [0.1, 0.15) is 23.7 Å². The van der Waals surface area contributed by atoms with Gasteiger partial charge in [0.05, 0.1) is 27.7 Å². The van der Waals surface area contributed by atoms with Crippen molar-refractivity contribution in [2.24, 2.45) is 0 Å². The molecule has 0 aliphatic heterocycles. The minimum Gasteiger partial charge on any atom is -0.296 e. The molecule has 8 rings (SSSR count). The maximum atomic E-state index is 9.37. The Morgan fingerprint density at radius 1 is 0.558 bits per heavy atom. The number of hydrogen-bond donors (Lipinski definition) is 0. The van der Waals surface area contributed by atoms with Gasteiger partial charge in [0.1, 0.15) is 5.82 Å². The molecule has 0 radical (unpaired) electrons. The summed E-state index contributed by atoms with van der Waals surface area (Å²) in [6.07, 6.45) is 0.599. The van der Waals surface area contributed by atoms with Gasteiger partial charge < -0.3 is 0 Å². The average molecular weight is 559 g/mol. The van der Waals surface area contributed by atoms with Crippen LogP contribution >= 0.6 is 0 Å². The van der Waals surface area contributed by atoms with Crippen LogP contribution in [0.15, 0.2) is 151 Å². The summed E-state index contributed by atoms with van der Waals surface area (Å²) in [5.74, 6) is 0.774. The minimum atomic E-state index is -0.431. The Morgan fingerprint density at radius 3 is 1.77 bits per heavy atom. The van der Waals surface area contributed by atoms with Gasteiger partial charge in [0.25, 0.3) is 0 Å². The molecule has 0 amide bonds. The number of nitrogens with zero attached hydrogens (tertiary/aromatic N) is 2. The van der Waals surface area contributed by atoms with Crippen molar-refractivity contribution in [1.82, 2.24) is 9.55 Å². The van der Waals surface area contributed by atoms with Crippen molar-refractivity contribution in [2.45, 2.75) is 13.3 Å². The molecule has 0 fully saturated rings. The Bertz CT molecular complexity index is 2620. The summed E-state index contributed by atoms with van der Waals surface area (Å²) in [6, 6.07) is 29.7. The van der Waals surface area contributed by atoms with Gasteiger partial charge in [-0.2, -0.15) is 0 Å². The number of aromatic nitrogens is 2. The van der Waals surface area contributed by atoms with Crippen LogP contribution in [0.25, 0.3) is 71.6 Å². The second-order valence-corrected chi connectivity index (χ2v) is 10.4. The van der Waals surface area contributed by atoms with Crippen LogP contribution in [0.2, 0.25) is 0 Å². The topological polar surface area (TPSA) is 17.8 Å². The zero-order valence-corrected chi connectivity index (χ0v) is 23.4. The molecule has 1 heterocycles. The van der Waals surface area contributed by atoms with Gasteiger partial charge in [0.15, 0.2) is 0 Å². The summed E-state index contributed by atoms with van der Waals surface area (Å²) < 4.78 is 74.5. The number of fused-ring (bicyclic) bond motifs is 3. The van der Waals surface area contributed by atoms with E-state index < -0.39 is 24.2 Å². The number of benzene rings is 7. The highest BCUT2D eigenvalue weighted by Gasteiger charge is 2.20. The molecule has 1 aromatic heterocycles. The smallest absolute Gasteiger partial charge is 0.114 e. The molecular weight excluding hydrogens is 520 g/mol. The van der Waals surface area contributed by atoms with Crippen LogP contribution in [-0.4, -0.2) is 9.55 Å². The van der Waals surface area contributed by atoms with E-state index in [-0.39, 0.29) is 45.7 Å². The van der Waals surface area contributed by atoms with Crippen molar-refractivity contribution >= 4 is 32.6 Å². The van der Waals surface area contributed by atoms with Crippen molar-refractivity contribution in [1.29, 1.82) is 0 Å². The Labute approximate surface area is 262 Å². The summed E-state index contributed by atoms with van der Waals surface area (Å²) in [7, 11) is 0. The second kappa shape index (κ2) is 10.4. The van der Waals surface area contributed by atoms with Crippen LogP contribution < -0.4 is 0 Å². The first kappa shape index (κ1) is 18.1. The molecule has 7 aromatic carbocycles. The van der Waals surface area contributed by atoms with E-state index in [9.17, 15) is 5.48 Å². The number of hydrogen-bond acceptors (Lipinski definition) is 1. The molecule has 0 aliphatic carbocycles. The number of rotatable bonds is 5. The largest absolute Gasteiger partial charge is 0.296 e. The highest BCUT2D eigenvalue weighted by Crippen LogP contribution is 2.45. The first-order valence-electron chi connectivity index (χ1n) is 18.3. The Balaban J connectivity index is 1.59. The predicted octanol–water partition coefficient (Wildman–Crippen LogP) is 10.9. The highest BCUT2D eigenvalue weighted by molar-refractivity contribution is 6.22. The van der Waals surface area contributed by atoms with Gasteiger partial charge in [0.2, 0.25) is 0 Å². The molecule has 0 bridgehead atoms. The zero-order valence-electron chi connectivity index (χ0n) is 31.4. The summed E-state index contributed by atoms with van der Waals surface area (Å²) in [5, 5.41) is 0.718. The summed E-state index contributed by atoms with van der Waals surface area (Å²) in [4.78, 5) is 4.88. The van der Waals surface area contributed by atoms with E-state index in [1.54, 1.807) is 0 Å². The maximum Gasteiger partial charge on any atom is 0.114 e. The quantitative estimate of drug-likeness (QED) is 0.192. The number of para-hydroxylation sites is 3. The first-order chi connectivity index (χ1) is 24.6. The Kier molecular flexibility index (Phi) is 4.40. The van der Waals surface area contributed by atoms with Crippen LogP contribution in [-0.2, 0) is 6.42 Å². The molecule has 0 N–H and O–H groups in total. The molecule has 0 atom stereocenters. The van der Waals surface area contributed by atoms with Gasteiger partial charge in [-0.05, 0) is 67.6 Å². The molecule has 2 nitrogen and oxygen atoms in total. The SMILES string of the molecule is [2H]c1c([2H])c([2H])c2c(-c3ccccc3-n3c(CC)nc4ccccc43)c3c([2H])c([2H])c([2H])c([2H])c3c(-c3ccc(-c4ccccc4)cc3)c2c1[2H]. The molecule has 0 saturated carbocycles. The molecule has 204 valence electrons. The molecule has 0 saturated heterocycles. The highest BCUT2D eigenvalue weighted by atomic mass is 15.1. The van der Waals surface area contributed by atoms with Crippen molar-refractivity contribution in [3.63, 3.8) is 0 Å². The normalized spacial score (nSPS) is 14.1. The van der Waals surface area contributed by atoms with Crippen molar-refractivity contribution in [3.05, 3.63) is 157 Å². The standard InChI is InChI=1S/C41H30N2/c1-2-39-42-36-21-11-13-23-38(36)43(39)37-22-12-10-20-35(37)41-33-18-8-6-16-31(33)40(32-17-7-9-19-34(32)41)30-26-24-29(25-27-30)28-14-4-3-5-15-28/h3-27H,2H2,1H3/i6D,7D,8D,9D,16D,17D,18D,19D. The van der Waals surface area contributed by atoms with Crippen molar-refractivity contribution in [3.8, 4) is 39.1 Å². The first-order valence-corrected chi connectivity index (χ1v) is 14.3. The van der Waals surface area contributed by atoms with E-state index >= 15 is 0 Å². The van der Waals surface area contributed by atoms with Crippen molar-refractivity contribution < 1.29 is 11.0 Å². The van der Waals surface area contributed by atoms with Gasteiger partial charge in [-0.3, -0.25) is 4.57 Å². The van der Waals surface area contributed by atoms with E-state index in [1.165, 1.54) is 0 Å². The third kappa shape index (κ3) is 4.14. The number of aryl methyl sites for hydroxylation is 1. The van der Waals surface area contributed by atoms with E-state index in [0.717, 1.165) is 28.0 Å². The second-order valence-electron chi connectivity index (χ2n) is 10.4. The van der Waals surface area contributed by atoms with E-state index in [0.29, 0.717) is 34.4 Å². The third-order valence-electron chi connectivity index (χ3n) is 8.02. The van der Waals surface area contributed by atoms with Crippen LogP contribution in [0.4, 0.5) is 0 Å². The lowest BCUT2D eigenvalue weighted by atomic mass is 9.85. The minimum absolute atomic E-state index is 0.176. The molecule has 0 aliphatic rings. The van der Waals surface area contributed by atoms with Crippen LogP contribution in [0, 0.1) is 0 Å². The van der Waals surface area contributed by atoms with Crippen molar-refractivity contribution in [2.75, 3.05) is 0 Å². The average Bonchev–Trinajstić information content (AvgIpc) is 3.55. The van der Waals surface area contributed by atoms with Crippen LogP contribution in [0.3, 0.4) is 0 Å². The third-order valence-corrected chi connectivity index (χ3v) is 8.02. The van der Waals surface area contributed by atoms with Gasteiger partial charge in [0, 0.05) is 12.0 Å². The molecule has 0 unspecified atom stereocenters. The zero-order chi connectivity index (χ0) is 35.7. The van der Waals surface area contributed by atoms with Gasteiger partial charge in [-0.1, -0.05) is 140 Å². The molecule has 2 heteroatoms. The molecule has 0 spiro atoms. The lowest BCUT2D eigenvalue weighted by molar-refractivity contribution is 0.909. The fourth-order valence-corrected chi connectivity index (χ4v) is 6.10. The lowest BCUT2D eigenvalue weighted by Gasteiger charge is -2.20. The summed E-state index contributed by atoms with van der Waals surface area (Å²) in [5.41, 5.74) is 5.97. The summed E-state index contributed by atoms with van der Waals surface area (Å²) in [6.45, 7) is 2.01. The van der Waals surface area contributed by atoms with E-state index in [2.05, 4.69) is 0 Å². The predicted molar refractivity (Wildman–Crippen MR) is 182 cm³/mol. The maximum absolute atomic E-state index is 9.37. The number of imidazole rings is 1. The van der Waals surface area contributed by atoms with Gasteiger partial charge in [-0.15, -0.1) is 0 Å². The van der Waals surface area contributed by atoms with Gasteiger partial charge in [-0.25, -0.2) is 4.98 Å². The fraction of sp³-hybridized carbons (Fsp3) is 0.0488. The molecular formula is C41H30N2. The molecule has 8 aromatic rings. The van der Waals surface area contributed by atoms with Gasteiger partial charge >= 0.3 is 0 Å². The van der Waals surface area contributed by atoms with E-state index in [1.807, 2.05) is 115 Å². The Morgan fingerprint density at radius 2 is 1.09 bits per heavy atom. The van der Waals surface area contributed by atoms with E-state index in [4.69, 9.17) is 10.5 Å². The molecule has 43 heavy (non-hydrogen) atoms. The fourth-order valence-electron chi connectivity index (χ4n) is 6.10. The Hall–Kier alpha value is -5.47. The van der Waals surface area contributed by atoms with Crippen LogP contribution in [0.5, 0.6) is 0 Å².